The molecule has 0 saturated carbocycles. The van der Waals surface area contributed by atoms with E-state index in [-0.39, 0.29) is 6.61 Å². The minimum absolute atomic E-state index is 0.235. The highest BCUT2D eigenvalue weighted by Crippen LogP contribution is 2.11. The van der Waals surface area contributed by atoms with Crippen molar-refractivity contribution in [2.45, 2.75) is 20.1 Å². The van der Waals surface area contributed by atoms with Gasteiger partial charge in [-0.15, -0.1) is 0 Å². The lowest BCUT2D eigenvalue weighted by atomic mass is 10.2. The van der Waals surface area contributed by atoms with Gasteiger partial charge in [0.25, 0.3) is 0 Å². The van der Waals surface area contributed by atoms with Crippen molar-refractivity contribution in [3.8, 4) is 5.75 Å². The molecule has 0 heterocycles. The second-order valence-corrected chi connectivity index (χ2v) is 5.26. The molecule has 2 rings (SSSR count). The Morgan fingerprint density at radius 1 is 1.08 bits per heavy atom. The summed E-state index contributed by atoms with van der Waals surface area (Å²) < 4.78 is 10.2. The molecule has 5 nitrogen and oxygen atoms in total. The molecule has 0 spiro atoms. The van der Waals surface area contributed by atoms with Crippen LogP contribution in [-0.4, -0.2) is 19.1 Å². The number of aliphatic imine (C=N–C) groups is 2. The number of hydrogen-bond donors (Lipinski definition) is 0. The van der Waals surface area contributed by atoms with Crippen molar-refractivity contribution in [1.29, 1.82) is 0 Å². The number of rotatable bonds is 7. The van der Waals surface area contributed by atoms with Crippen molar-refractivity contribution in [3.63, 3.8) is 0 Å². The van der Waals surface area contributed by atoms with Crippen LogP contribution in [0.4, 0.5) is 0 Å². The van der Waals surface area contributed by atoms with Gasteiger partial charge < -0.3 is 9.47 Å². The molecule has 2 aromatic rings. The van der Waals surface area contributed by atoms with Crippen LogP contribution in [-0.2, 0) is 22.7 Å². The average Bonchev–Trinajstić information content (AvgIpc) is 2.65. The summed E-state index contributed by atoms with van der Waals surface area (Å²) in [5.74, 6) is 0.358. The lowest BCUT2D eigenvalue weighted by molar-refractivity contribution is -0.139. The summed E-state index contributed by atoms with van der Waals surface area (Å²) in [5.41, 5.74) is 2.44. The van der Waals surface area contributed by atoms with Gasteiger partial charge in [0, 0.05) is 6.08 Å². The SMILES string of the molecule is COc1ccc(CN=C=N/C(C)=C/C(=O)OCc2ccccc2)cc1. The van der Waals surface area contributed by atoms with E-state index in [4.69, 9.17) is 9.47 Å². The van der Waals surface area contributed by atoms with E-state index in [0.29, 0.717) is 12.2 Å². The highest BCUT2D eigenvalue weighted by molar-refractivity contribution is 5.82. The van der Waals surface area contributed by atoms with Gasteiger partial charge in [-0.1, -0.05) is 42.5 Å². The van der Waals surface area contributed by atoms with E-state index in [1.165, 1.54) is 6.08 Å². The predicted molar refractivity (Wildman–Crippen MR) is 96.6 cm³/mol. The molecule has 0 fully saturated rings. The van der Waals surface area contributed by atoms with Crippen LogP contribution in [0.3, 0.4) is 0 Å². The Balaban J connectivity index is 1.82. The maximum absolute atomic E-state index is 11.7. The van der Waals surface area contributed by atoms with Crippen molar-refractivity contribution < 1.29 is 14.3 Å². The lowest BCUT2D eigenvalue weighted by Crippen LogP contribution is -2.01. The number of carbonyl (C=O) groups is 1. The predicted octanol–water partition coefficient (Wildman–Crippen LogP) is 4.02. The summed E-state index contributed by atoms with van der Waals surface area (Å²) in [6.07, 6.45) is 1.32. The van der Waals surface area contributed by atoms with Gasteiger partial charge in [0.2, 0.25) is 0 Å². The smallest absolute Gasteiger partial charge is 0.332 e. The molecular weight excluding hydrogens is 316 g/mol. The van der Waals surface area contributed by atoms with E-state index in [0.717, 1.165) is 16.9 Å². The Hall–Kier alpha value is -3.17. The number of benzene rings is 2. The fraction of sp³-hybridized carbons (Fsp3) is 0.200. The highest BCUT2D eigenvalue weighted by Gasteiger charge is 2.00. The Morgan fingerprint density at radius 3 is 2.48 bits per heavy atom. The first-order valence-corrected chi connectivity index (χ1v) is 7.81. The van der Waals surface area contributed by atoms with Crippen LogP contribution >= 0.6 is 0 Å². The second-order valence-electron chi connectivity index (χ2n) is 5.26. The normalized spacial score (nSPS) is 10.6. The van der Waals surface area contributed by atoms with Crippen LogP contribution in [0.15, 0.2) is 76.4 Å². The molecule has 0 amide bonds. The first-order valence-electron chi connectivity index (χ1n) is 7.81. The number of ether oxygens (including phenoxy) is 2. The van der Waals surface area contributed by atoms with E-state index in [1.54, 1.807) is 14.0 Å². The van der Waals surface area contributed by atoms with E-state index >= 15 is 0 Å². The maximum atomic E-state index is 11.7. The first-order chi connectivity index (χ1) is 12.2. The minimum atomic E-state index is -0.443. The molecule has 0 radical (unpaired) electrons. The number of carbonyl (C=O) groups excluding carboxylic acids is 1. The van der Waals surface area contributed by atoms with Gasteiger partial charge in [-0.05, 0) is 30.2 Å². The van der Waals surface area contributed by atoms with Gasteiger partial charge in [-0.3, -0.25) is 0 Å². The molecule has 128 valence electrons. The third kappa shape index (κ3) is 6.85. The molecule has 0 bridgehead atoms. The molecule has 0 aromatic heterocycles. The molecule has 25 heavy (non-hydrogen) atoms. The monoisotopic (exact) mass is 336 g/mol. The number of nitrogens with zero attached hydrogens (tertiary/aromatic N) is 2. The number of methoxy groups -OCH3 is 1. The largest absolute Gasteiger partial charge is 0.497 e. The summed E-state index contributed by atoms with van der Waals surface area (Å²) in [6, 6.07) is 19.7. The van der Waals surface area contributed by atoms with Crippen LogP contribution in [0.1, 0.15) is 18.1 Å². The molecule has 0 aliphatic rings. The van der Waals surface area contributed by atoms with Crippen molar-refractivity contribution in [2.24, 2.45) is 9.98 Å². The van der Waals surface area contributed by atoms with Crippen molar-refractivity contribution in [3.05, 3.63) is 77.5 Å². The Morgan fingerprint density at radius 2 is 1.80 bits per heavy atom. The van der Waals surface area contributed by atoms with Gasteiger partial charge >= 0.3 is 5.97 Å². The average molecular weight is 336 g/mol. The van der Waals surface area contributed by atoms with Gasteiger partial charge in [-0.25, -0.2) is 9.79 Å². The van der Waals surface area contributed by atoms with Crippen molar-refractivity contribution >= 4 is 12.0 Å². The molecule has 0 saturated heterocycles. The number of hydrogen-bond acceptors (Lipinski definition) is 5. The molecule has 5 heteroatoms. The van der Waals surface area contributed by atoms with Crippen LogP contribution < -0.4 is 4.74 Å². The fourth-order valence-corrected chi connectivity index (χ4v) is 1.95. The van der Waals surface area contributed by atoms with E-state index in [9.17, 15) is 4.79 Å². The van der Waals surface area contributed by atoms with Crippen LogP contribution in [0.25, 0.3) is 0 Å². The zero-order chi connectivity index (χ0) is 17.9. The van der Waals surface area contributed by atoms with Gasteiger partial charge in [0.1, 0.15) is 12.4 Å². The number of allylic oxidation sites excluding steroid dienone is 1. The number of esters is 1. The molecular formula is C20H20N2O3. The molecule has 0 N–H and O–H groups in total. The van der Waals surface area contributed by atoms with E-state index in [1.807, 2.05) is 54.6 Å². The molecule has 0 aliphatic carbocycles. The van der Waals surface area contributed by atoms with Crippen LogP contribution in [0.2, 0.25) is 0 Å². The minimum Gasteiger partial charge on any atom is -0.497 e. The second kappa shape index (κ2) is 9.85. The molecule has 0 atom stereocenters. The quantitative estimate of drug-likeness (QED) is 0.436. The molecule has 0 aliphatic heterocycles. The zero-order valence-electron chi connectivity index (χ0n) is 14.3. The molecule has 2 aromatic carbocycles. The standard InChI is InChI=1S/C20H20N2O3/c1-16(12-20(23)25-14-18-6-4-3-5-7-18)22-15-21-13-17-8-10-19(24-2)11-9-17/h3-12H,13-14H2,1-2H3/b16-12+. The zero-order valence-corrected chi connectivity index (χ0v) is 14.3. The third-order valence-electron chi connectivity index (χ3n) is 3.27. The van der Waals surface area contributed by atoms with Gasteiger partial charge in [0.15, 0.2) is 0 Å². The maximum Gasteiger partial charge on any atom is 0.332 e. The van der Waals surface area contributed by atoms with Crippen molar-refractivity contribution in [1.82, 2.24) is 0 Å². The summed E-state index contributed by atoms with van der Waals surface area (Å²) in [6.45, 7) is 2.39. The first kappa shape index (κ1) is 18.2. The summed E-state index contributed by atoms with van der Waals surface area (Å²) >= 11 is 0. The van der Waals surface area contributed by atoms with E-state index < -0.39 is 5.97 Å². The Labute approximate surface area is 147 Å². The summed E-state index contributed by atoms with van der Waals surface area (Å²) in [4.78, 5) is 19.8. The fourth-order valence-electron chi connectivity index (χ4n) is 1.95. The van der Waals surface area contributed by atoms with Crippen molar-refractivity contribution in [2.75, 3.05) is 7.11 Å². The third-order valence-corrected chi connectivity index (χ3v) is 3.27. The lowest BCUT2D eigenvalue weighted by Gasteiger charge is -2.01. The Kier molecular flexibility index (Phi) is 7.16. The van der Waals surface area contributed by atoms with Crippen LogP contribution in [0, 0.1) is 0 Å². The molecule has 0 unspecified atom stereocenters. The Bertz CT molecular complexity index is 774. The summed E-state index contributed by atoms with van der Waals surface area (Å²) in [5, 5.41) is 0. The summed E-state index contributed by atoms with van der Waals surface area (Å²) in [7, 11) is 1.62. The van der Waals surface area contributed by atoms with Gasteiger partial charge in [0.05, 0.1) is 25.4 Å². The van der Waals surface area contributed by atoms with E-state index in [2.05, 4.69) is 16.0 Å². The van der Waals surface area contributed by atoms with Crippen LogP contribution in [0.5, 0.6) is 5.75 Å². The topological polar surface area (TPSA) is 60.2 Å². The van der Waals surface area contributed by atoms with Gasteiger partial charge in [-0.2, -0.15) is 4.99 Å². The highest BCUT2D eigenvalue weighted by atomic mass is 16.5.